The number of hydrogen-bond donors (Lipinski definition) is 2. The molecule has 3 rings (SSSR count). The van der Waals surface area contributed by atoms with Crippen LogP contribution in [0, 0.1) is 0 Å². The second kappa shape index (κ2) is 7.98. The summed E-state index contributed by atoms with van der Waals surface area (Å²) in [4.78, 5) is 17.3. The van der Waals surface area contributed by atoms with E-state index in [-0.39, 0.29) is 5.91 Å². The molecular weight excluding hydrogens is 316 g/mol. The molecule has 6 heteroatoms. The average Bonchev–Trinajstić information content (AvgIpc) is 3.33. The predicted octanol–water partition coefficient (Wildman–Crippen LogP) is 2.77. The van der Waals surface area contributed by atoms with E-state index in [2.05, 4.69) is 26.5 Å². The number of carbonyl (C=O) groups is 1. The van der Waals surface area contributed by atoms with Crippen molar-refractivity contribution in [1.82, 2.24) is 15.3 Å². The van der Waals surface area contributed by atoms with E-state index in [1.807, 2.05) is 19.1 Å². The van der Waals surface area contributed by atoms with Crippen LogP contribution < -0.4 is 10.2 Å². The summed E-state index contributed by atoms with van der Waals surface area (Å²) >= 11 is 0. The fourth-order valence-electron chi connectivity index (χ4n) is 3.04. The number of amides is 1. The number of methoxy groups -OCH3 is 1. The van der Waals surface area contributed by atoms with Gasteiger partial charge < -0.3 is 9.72 Å². The van der Waals surface area contributed by atoms with Crippen LogP contribution in [0.5, 0.6) is 5.75 Å². The van der Waals surface area contributed by atoms with E-state index < -0.39 is 0 Å². The zero-order valence-corrected chi connectivity index (χ0v) is 14.7. The van der Waals surface area contributed by atoms with Gasteiger partial charge in [-0.25, -0.2) is 5.43 Å². The summed E-state index contributed by atoms with van der Waals surface area (Å²) in [6, 6.07) is 9.51. The minimum atomic E-state index is -0.254. The number of aromatic amines is 1. The smallest absolute Gasteiger partial charge is 0.287 e. The average molecular weight is 340 g/mol. The maximum atomic E-state index is 12.0. The van der Waals surface area contributed by atoms with Gasteiger partial charge in [-0.3, -0.25) is 9.69 Å². The molecular formula is C19H24N4O2. The van der Waals surface area contributed by atoms with Crippen molar-refractivity contribution in [3.63, 3.8) is 0 Å². The molecule has 0 aliphatic carbocycles. The van der Waals surface area contributed by atoms with Crippen LogP contribution in [0.3, 0.4) is 0 Å². The summed E-state index contributed by atoms with van der Waals surface area (Å²) in [5, 5.41) is 4.22. The molecule has 0 unspecified atom stereocenters. The first-order valence-electron chi connectivity index (χ1n) is 8.55. The molecule has 0 spiro atoms. The Kier molecular flexibility index (Phi) is 5.50. The highest BCUT2D eigenvalue weighted by molar-refractivity contribution is 6.00. The van der Waals surface area contributed by atoms with Gasteiger partial charge in [0, 0.05) is 18.3 Å². The molecule has 1 fully saturated rings. The molecule has 1 saturated heterocycles. The number of likely N-dealkylation sites (tertiary alicyclic amines) is 1. The minimum Gasteiger partial charge on any atom is -0.496 e. The molecule has 1 aromatic carbocycles. The number of carbonyl (C=O) groups excluding carboxylic acids is 1. The number of H-pyrrole nitrogens is 1. The maximum Gasteiger partial charge on any atom is 0.287 e. The Labute approximate surface area is 147 Å². The van der Waals surface area contributed by atoms with Crippen molar-refractivity contribution in [2.75, 3.05) is 20.2 Å². The van der Waals surface area contributed by atoms with E-state index in [0.717, 1.165) is 42.2 Å². The first-order chi connectivity index (χ1) is 12.2. The van der Waals surface area contributed by atoms with Gasteiger partial charge in [0.1, 0.15) is 11.4 Å². The number of rotatable bonds is 6. The number of ether oxygens (including phenoxy) is 1. The Morgan fingerprint density at radius 1 is 1.32 bits per heavy atom. The summed E-state index contributed by atoms with van der Waals surface area (Å²) in [5.74, 6) is 0.633. The lowest BCUT2D eigenvalue weighted by molar-refractivity contribution is 0.0950. The molecule has 2 N–H and O–H groups in total. The fraction of sp³-hybridized carbons (Fsp3) is 0.368. The zero-order valence-electron chi connectivity index (χ0n) is 14.7. The van der Waals surface area contributed by atoms with E-state index in [0.29, 0.717) is 5.69 Å². The normalized spacial score (nSPS) is 15.4. The molecule has 1 aliphatic heterocycles. The highest BCUT2D eigenvalue weighted by atomic mass is 16.5. The van der Waals surface area contributed by atoms with E-state index >= 15 is 0 Å². The van der Waals surface area contributed by atoms with E-state index in [1.54, 1.807) is 25.4 Å². The number of hydrazone groups is 1. The molecule has 25 heavy (non-hydrogen) atoms. The predicted molar refractivity (Wildman–Crippen MR) is 98.0 cm³/mol. The summed E-state index contributed by atoms with van der Waals surface area (Å²) < 4.78 is 5.50. The number of nitrogens with zero attached hydrogens (tertiary/aromatic N) is 2. The van der Waals surface area contributed by atoms with E-state index in [9.17, 15) is 4.79 Å². The minimum absolute atomic E-state index is 0.254. The van der Waals surface area contributed by atoms with Crippen molar-refractivity contribution < 1.29 is 9.53 Å². The van der Waals surface area contributed by atoms with Gasteiger partial charge in [0.05, 0.1) is 12.8 Å². The van der Waals surface area contributed by atoms with E-state index in [1.165, 1.54) is 12.8 Å². The monoisotopic (exact) mass is 340 g/mol. The fourth-order valence-corrected chi connectivity index (χ4v) is 3.04. The molecule has 0 radical (unpaired) electrons. The van der Waals surface area contributed by atoms with Gasteiger partial charge in [-0.15, -0.1) is 0 Å². The third-order valence-corrected chi connectivity index (χ3v) is 4.46. The molecule has 2 heterocycles. The molecule has 0 saturated carbocycles. The second-order valence-electron chi connectivity index (χ2n) is 6.23. The first-order valence-corrected chi connectivity index (χ1v) is 8.55. The van der Waals surface area contributed by atoms with Crippen molar-refractivity contribution in [1.29, 1.82) is 0 Å². The third-order valence-electron chi connectivity index (χ3n) is 4.46. The van der Waals surface area contributed by atoms with Gasteiger partial charge in [-0.05, 0) is 68.8 Å². The number of benzene rings is 1. The van der Waals surface area contributed by atoms with Gasteiger partial charge in [0.2, 0.25) is 0 Å². The molecule has 132 valence electrons. The first kappa shape index (κ1) is 17.2. The number of hydrogen-bond acceptors (Lipinski definition) is 4. The molecule has 1 amide bonds. The van der Waals surface area contributed by atoms with Gasteiger partial charge in [-0.2, -0.15) is 5.10 Å². The van der Waals surface area contributed by atoms with Crippen molar-refractivity contribution in [3.05, 3.63) is 53.3 Å². The van der Waals surface area contributed by atoms with Crippen molar-refractivity contribution in [2.24, 2.45) is 5.10 Å². The van der Waals surface area contributed by atoms with Gasteiger partial charge in [0.25, 0.3) is 5.91 Å². The number of nitrogens with one attached hydrogen (secondary N) is 2. The van der Waals surface area contributed by atoms with Crippen LogP contribution in [-0.2, 0) is 6.54 Å². The van der Waals surface area contributed by atoms with Crippen LogP contribution in [0.15, 0.2) is 41.6 Å². The van der Waals surface area contributed by atoms with Crippen LogP contribution in [0.2, 0.25) is 0 Å². The van der Waals surface area contributed by atoms with Crippen LogP contribution in [0.1, 0.15) is 41.4 Å². The summed E-state index contributed by atoms with van der Waals surface area (Å²) in [5.41, 5.74) is 5.94. The zero-order chi connectivity index (χ0) is 17.6. The highest BCUT2D eigenvalue weighted by Gasteiger charge is 2.15. The van der Waals surface area contributed by atoms with Gasteiger partial charge >= 0.3 is 0 Å². The lowest BCUT2D eigenvalue weighted by Gasteiger charge is -2.17. The van der Waals surface area contributed by atoms with Gasteiger partial charge in [0.15, 0.2) is 0 Å². The van der Waals surface area contributed by atoms with Crippen LogP contribution in [0.4, 0.5) is 0 Å². The Hall–Kier alpha value is -2.60. The highest BCUT2D eigenvalue weighted by Crippen LogP contribution is 2.23. The largest absolute Gasteiger partial charge is 0.496 e. The quantitative estimate of drug-likeness (QED) is 0.627. The lowest BCUT2D eigenvalue weighted by Crippen LogP contribution is -2.20. The van der Waals surface area contributed by atoms with Crippen LogP contribution in [-0.4, -0.2) is 41.7 Å². The summed E-state index contributed by atoms with van der Waals surface area (Å²) in [7, 11) is 1.69. The molecule has 0 bridgehead atoms. The van der Waals surface area contributed by atoms with E-state index in [4.69, 9.17) is 4.74 Å². The SMILES string of the molecule is COc1ccc(/C(C)=N\NC(=O)c2ccc[nH]2)cc1CN1CCCC1. The summed E-state index contributed by atoms with van der Waals surface area (Å²) in [6.07, 6.45) is 4.22. The second-order valence-corrected chi connectivity index (χ2v) is 6.23. The molecule has 6 nitrogen and oxygen atoms in total. The van der Waals surface area contributed by atoms with Crippen molar-refractivity contribution >= 4 is 11.6 Å². The molecule has 1 aliphatic rings. The van der Waals surface area contributed by atoms with Crippen LogP contribution in [0.25, 0.3) is 0 Å². The van der Waals surface area contributed by atoms with Gasteiger partial charge in [-0.1, -0.05) is 0 Å². The van der Waals surface area contributed by atoms with Crippen molar-refractivity contribution in [3.8, 4) is 5.75 Å². The Morgan fingerprint density at radius 2 is 2.12 bits per heavy atom. The molecule has 1 aromatic heterocycles. The Balaban J connectivity index is 1.73. The standard InChI is InChI=1S/C19H24N4O2/c1-14(21-22-19(24)17-6-5-9-20-17)15-7-8-18(25-2)16(12-15)13-23-10-3-4-11-23/h5-9,12,20H,3-4,10-11,13H2,1-2H3,(H,22,24)/b21-14-. The topological polar surface area (TPSA) is 69.7 Å². The molecule has 2 aromatic rings. The maximum absolute atomic E-state index is 12.0. The van der Waals surface area contributed by atoms with Crippen molar-refractivity contribution in [2.45, 2.75) is 26.3 Å². The summed E-state index contributed by atoms with van der Waals surface area (Å²) in [6.45, 7) is 5.02. The number of aromatic nitrogens is 1. The lowest BCUT2D eigenvalue weighted by atomic mass is 10.1. The Bertz CT molecular complexity index is 747. The molecule has 0 atom stereocenters. The van der Waals surface area contributed by atoms with Crippen LogP contribution >= 0.6 is 0 Å². The third kappa shape index (κ3) is 4.28. The Morgan fingerprint density at radius 3 is 2.80 bits per heavy atom.